The second kappa shape index (κ2) is 6.29. The molecule has 1 aromatic carbocycles. The minimum absolute atomic E-state index is 0.519. The van der Waals surface area contributed by atoms with Crippen molar-refractivity contribution < 1.29 is 4.74 Å². The van der Waals surface area contributed by atoms with E-state index in [-0.39, 0.29) is 0 Å². The fourth-order valence-corrected chi connectivity index (χ4v) is 1.86. The Balaban J connectivity index is 2.06. The maximum absolute atomic E-state index is 5.71. The molecule has 0 saturated heterocycles. The molecule has 1 N–H and O–H groups in total. The van der Waals surface area contributed by atoms with Gasteiger partial charge in [0.1, 0.15) is 5.75 Å². The number of benzene rings is 1. The van der Waals surface area contributed by atoms with E-state index < -0.39 is 0 Å². The largest absolute Gasteiger partial charge is 0.438 e. The maximum atomic E-state index is 5.71. The number of nitrogens with zero attached hydrogens (tertiary/aromatic N) is 2. The van der Waals surface area contributed by atoms with E-state index in [0.717, 1.165) is 24.5 Å². The van der Waals surface area contributed by atoms with Crippen LogP contribution in [0, 0.1) is 13.8 Å². The van der Waals surface area contributed by atoms with Crippen LogP contribution in [0.15, 0.2) is 30.3 Å². The van der Waals surface area contributed by atoms with Gasteiger partial charge in [-0.25, -0.2) is 0 Å². The second-order valence-electron chi connectivity index (χ2n) is 4.57. The summed E-state index contributed by atoms with van der Waals surface area (Å²) in [6.45, 7) is 7.80. The Morgan fingerprint density at radius 3 is 2.37 bits per heavy atom. The SMILES string of the molecule is CCNCc1ccc(Oc2cc(C)cc(C)c2)nn1. The molecule has 0 aliphatic carbocycles. The van der Waals surface area contributed by atoms with Gasteiger partial charge in [0, 0.05) is 12.6 Å². The van der Waals surface area contributed by atoms with E-state index >= 15 is 0 Å². The predicted octanol–water partition coefficient (Wildman–Crippen LogP) is 3.00. The van der Waals surface area contributed by atoms with Crippen LogP contribution in [0.2, 0.25) is 0 Å². The Labute approximate surface area is 113 Å². The smallest absolute Gasteiger partial charge is 0.238 e. The lowest BCUT2D eigenvalue weighted by Gasteiger charge is -2.07. The predicted molar refractivity (Wildman–Crippen MR) is 75.4 cm³/mol. The first kappa shape index (κ1) is 13.5. The van der Waals surface area contributed by atoms with E-state index in [4.69, 9.17) is 4.74 Å². The van der Waals surface area contributed by atoms with Crippen molar-refractivity contribution in [2.75, 3.05) is 6.54 Å². The molecular weight excluding hydrogens is 238 g/mol. The molecule has 0 atom stereocenters. The minimum Gasteiger partial charge on any atom is -0.438 e. The highest BCUT2D eigenvalue weighted by molar-refractivity contribution is 5.35. The first-order valence-electron chi connectivity index (χ1n) is 6.47. The van der Waals surface area contributed by atoms with E-state index in [0.29, 0.717) is 5.88 Å². The monoisotopic (exact) mass is 257 g/mol. The van der Waals surface area contributed by atoms with Crippen LogP contribution >= 0.6 is 0 Å². The van der Waals surface area contributed by atoms with Crippen LogP contribution < -0.4 is 10.1 Å². The van der Waals surface area contributed by atoms with Crippen molar-refractivity contribution in [3.05, 3.63) is 47.2 Å². The lowest BCUT2D eigenvalue weighted by atomic mass is 10.1. The van der Waals surface area contributed by atoms with Crippen molar-refractivity contribution in [1.29, 1.82) is 0 Å². The Bertz CT molecular complexity index is 517. The summed E-state index contributed by atoms with van der Waals surface area (Å²) in [6.07, 6.45) is 0. The van der Waals surface area contributed by atoms with Gasteiger partial charge in [0.05, 0.1) is 5.69 Å². The molecule has 19 heavy (non-hydrogen) atoms. The van der Waals surface area contributed by atoms with Crippen LogP contribution in [0.1, 0.15) is 23.7 Å². The first-order chi connectivity index (χ1) is 9.17. The number of aromatic nitrogens is 2. The molecule has 100 valence electrons. The number of hydrogen-bond donors (Lipinski definition) is 1. The summed E-state index contributed by atoms with van der Waals surface area (Å²) in [7, 11) is 0. The summed E-state index contributed by atoms with van der Waals surface area (Å²) in [4.78, 5) is 0. The Hall–Kier alpha value is -1.94. The van der Waals surface area contributed by atoms with Crippen molar-refractivity contribution in [3.8, 4) is 11.6 Å². The summed E-state index contributed by atoms with van der Waals surface area (Å²) < 4.78 is 5.71. The van der Waals surface area contributed by atoms with Gasteiger partial charge in [-0.05, 0) is 49.7 Å². The number of hydrogen-bond acceptors (Lipinski definition) is 4. The molecule has 2 rings (SSSR count). The number of ether oxygens (including phenoxy) is 1. The van der Waals surface area contributed by atoms with E-state index in [1.54, 1.807) is 0 Å². The zero-order valence-corrected chi connectivity index (χ0v) is 11.6. The molecule has 0 radical (unpaired) electrons. The van der Waals surface area contributed by atoms with Crippen molar-refractivity contribution in [1.82, 2.24) is 15.5 Å². The molecule has 0 unspecified atom stereocenters. The van der Waals surface area contributed by atoms with Gasteiger partial charge in [0.15, 0.2) is 0 Å². The summed E-state index contributed by atoms with van der Waals surface area (Å²) in [5, 5.41) is 11.4. The highest BCUT2D eigenvalue weighted by Gasteiger charge is 2.02. The number of rotatable bonds is 5. The zero-order valence-electron chi connectivity index (χ0n) is 11.6. The first-order valence-corrected chi connectivity index (χ1v) is 6.47. The molecule has 1 heterocycles. The maximum Gasteiger partial charge on any atom is 0.238 e. The molecule has 0 saturated carbocycles. The molecule has 0 fully saturated rings. The van der Waals surface area contributed by atoms with Crippen LogP contribution in [0.3, 0.4) is 0 Å². The molecule has 0 spiro atoms. The molecule has 4 heteroatoms. The number of aryl methyl sites for hydroxylation is 2. The molecule has 0 bridgehead atoms. The van der Waals surface area contributed by atoms with E-state index in [1.807, 2.05) is 38.1 Å². The summed E-state index contributed by atoms with van der Waals surface area (Å²) in [5.41, 5.74) is 3.26. The quantitative estimate of drug-likeness (QED) is 0.894. The molecule has 2 aromatic rings. The minimum atomic E-state index is 0.519. The fourth-order valence-electron chi connectivity index (χ4n) is 1.86. The second-order valence-corrected chi connectivity index (χ2v) is 4.57. The Morgan fingerprint density at radius 2 is 1.79 bits per heavy atom. The van der Waals surface area contributed by atoms with Crippen molar-refractivity contribution in [2.45, 2.75) is 27.3 Å². The average Bonchev–Trinajstić information content (AvgIpc) is 2.37. The normalized spacial score (nSPS) is 10.5. The highest BCUT2D eigenvalue weighted by Crippen LogP contribution is 2.21. The van der Waals surface area contributed by atoms with Gasteiger partial charge in [-0.3, -0.25) is 0 Å². The van der Waals surface area contributed by atoms with Gasteiger partial charge in [-0.2, -0.15) is 5.10 Å². The molecular formula is C15H19N3O. The third-order valence-corrected chi connectivity index (χ3v) is 2.67. The van der Waals surface area contributed by atoms with Crippen LogP contribution in [-0.4, -0.2) is 16.7 Å². The van der Waals surface area contributed by atoms with Crippen LogP contribution in [0.5, 0.6) is 11.6 Å². The standard InChI is InChI=1S/C15H19N3O/c1-4-16-10-13-5-6-15(18-17-13)19-14-8-11(2)7-12(3)9-14/h5-9,16H,4,10H2,1-3H3. The molecule has 0 aliphatic rings. The van der Waals surface area contributed by atoms with Crippen LogP contribution in [0.4, 0.5) is 0 Å². The van der Waals surface area contributed by atoms with Crippen LogP contribution in [0.25, 0.3) is 0 Å². The van der Waals surface area contributed by atoms with Crippen molar-refractivity contribution in [3.63, 3.8) is 0 Å². The van der Waals surface area contributed by atoms with Crippen LogP contribution in [-0.2, 0) is 6.54 Å². The molecule has 0 amide bonds. The third-order valence-electron chi connectivity index (χ3n) is 2.67. The van der Waals surface area contributed by atoms with E-state index in [9.17, 15) is 0 Å². The average molecular weight is 257 g/mol. The van der Waals surface area contributed by atoms with Gasteiger partial charge >= 0.3 is 0 Å². The Kier molecular flexibility index (Phi) is 4.47. The molecule has 0 aliphatic heterocycles. The highest BCUT2D eigenvalue weighted by atomic mass is 16.5. The van der Waals surface area contributed by atoms with Gasteiger partial charge in [0.2, 0.25) is 5.88 Å². The molecule has 4 nitrogen and oxygen atoms in total. The fraction of sp³-hybridized carbons (Fsp3) is 0.333. The summed E-state index contributed by atoms with van der Waals surface area (Å²) in [5.74, 6) is 1.32. The third kappa shape index (κ3) is 4.03. The lowest BCUT2D eigenvalue weighted by molar-refractivity contribution is 0.452. The number of nitrogens with one attached hydrogen (secondary N) is 1. The van der Waals surface area contributed by atoms with E-state index in [1.165, 1.54) is 11.1 Å². The van der Waals surface area contributed by atoms with Crippen molar-refractivity contribution >= 4 is 0 Å². The molecule has 1 aromatic heterocycles. The van der Waals surface area contributed by atoms with Gasteiger partial charge in [0.25, 0.3) is 0 Å². The van der Waals surface area contributed by atoms with Gasteiger partial charge in [-0.15, -0.1) is 5.10 Å². The zero-order chi connectivity index (χ0) is 13.7. The van der Waals surface area contributed by atoms with E-state index in [2.05, 4.69) is 28.5 Å². The van der Waals surface area contributed by atoms with Gasteiger partial charge in [-0.1, -0.05) is 13.0 Å². The lowest BCUT2D eigenvalue weighted by Crippen LogP contribution is -2.13. The van der Waals surface area contributed by atoms with Gasteiger partial charge < -0.3 is 10.1 Å². The topological polar surface area (TPSA) is 47.0 Å². The Morgan fingerprint density at radius 1 is 1.05 bits per heavy atom. The summed E-state index contributed by atoms with van der Waals surface area (Å²) >= 11 is 0. The summed E-state index contributed by atoms with van der Waals surface area (Å²) in [6, 6.07) is 9.85. The van der Waals surface area contributed by atoms with Crippen molar-refractivity contribution in [2.24, 2.45) is 0 Å².